The normalized spacial score (nSPS) is 12.3. The number of hydrogen-bond acceptors (Lipinski definition) is 2. The van der Waals surface area contributed by atoms with Crippen LogP contribution in [0.2, 0.25) is 0 Å². The van der Waals surface area contributed by atoms with E-state index in [-0.39, 0.29) is 29.6 Å². The third-order valence-electron chi connectivity index (χ3n) is 2.96. The fourth-order valence-corrected chi connectivity index (χ4v) is 1.85. The fraction of sp³-hybridized carbons (Fsp3) is 0.929. The van der Waals surface area contributed by atoms with Gasteiger partial charge in [0.25, 0.3) is 0 Å². The van der Waals surface area contributed by atoms with Crippen molar-refractivity contribution in [3.63, 3.8) is 0 Å². The Bertz CT molecular complexity index is 271. The molecule has 0 heterocycles. The Morgan fingerprint density at radius 3 is 1.95 bits per heavy atom. The molecule has 0 aliphatic rings. The second-order valence-electron chi connectivity index (χ2n) is 5.36. The standard InChI is InChI=1S/C14H29.Na.H2O4S/c1-5-7-11-14(6-2)12-9-8-10-13(3)4;;1-5(2,3)4/h8,13-14H,5-7,9-12H2,1-4H3;;(H2,1,2,3,4)/q-1;+1;. The zero-order chi connectivity index (χ0) is 15.3. The van der Waals surface area contributed by atoms with E-state index in [2.05, 4.69) is 34.1 Å². The van der Waals surface area contributed by atoms with Gasteiger partial charge in [0.2, 0.25) is 0 Å². The summed E-state index contributed by atoms with van der Waals surface area (Å²) in [6, 6.07) is 0. The van der Waals surface area contributed by atoms with Crippen LogP contribution in [0.3, 0.4) is 0 Å². The van der Waals surface area contributed by atoms with Crippen LogP contribution < -0.4 is 29.6 Å². The molecule has 4 nitrogen and oxygen atoms in total. The van der Waals surface area contributed by atoms with Gasteiger partial charge in [-0.1, -0.05) is 65.7 Å². The maximum Gasteiger partial charge on any atom is 1.00 e. The third kappa shape index (κ3) is 31.3. The molecule has 118 valence electrons. The van der Waals surface area contributed by atoms with E-state index in [1.807, 2.05) is 0 Å². The number of unbranched alkanes of at least 4 members (excludes halogenated alkanes) is 2. The van der Waals surface area contributed by atoms with Gasteiger partial charge in [0.05, 0.1) is 0 Å². The molecular formula is C14H31NaO4S. The van der Waals surface area contributed by atoms with Crippen molar-refractivity contribution in [2.24, 2.45) is 11.8 Å². The summed E-state index contributed by atoms with van der Waals surface area (Å²) in [4.78, 5) is 0. The van der Waals surface area contributed by atoms with E-state index in [4.69, 9.17) is 17.5 Å². The Morgan fingerprint density at radius 1 is 1.10 bits per heavy atom. The van der Waals surface area contributed by atoms with Crippen LogP contribution in [-0.2, 0) is 10.4 Å². The topological polar surface area (TPSA) is 74.6 Å². The average molecular weight is 318 g/mol. The van der Waals surface area contributed by atoms with Crippen LogP contribution in [0, 0.1) is 18.3 Å². The summed E-state index contributed by atoms with van der Waals surface area (Å²) in [5.41, 5.74) is 0. The van der Waals surface area contributed by atoms with Crippen molar-refractivity contribution in [3.8, 4) is 0 Å². The van der Waals surface area contributed by atoms with Crippen molar-refractivity contribution in [2.45, 2.75) is 72.6 Å². The molecule has 0 saturated carbocycles. The molecule has 1 atom stereocenters. The number of hydrogen-bond donors (Lipinski definition) is 2. The zero-order valence-electron chi connectivity index (χ0n) is 13.8. The minimum Gasteiger partial charge on any atom is -0.328 e. The monoisotopic (exact) mass is 318 g/mol. The van der Waals surface area contributed by atoms with Gasteiger partial charge in [-0.25, -0.2) is 0 Å². The smallest absolute Gasteiger partial charge is 0.328 e. The molecule has 0 fully saturated rings. The van der Waals surface area contributed by atoms with Gasteiger partial charge >= 0.3 is 40.0 Å². The minimum absolute atomic E-state index is 0. The SMILES string of the molecule is CCCCC(CC)CC[CH-]CC(C)C.O=S(=O)(O)O.[Na+]. The molecule has 0 bridgehead atoms. The molecule has 0 saturated heterocycles. The first-order chi connectivity index (χ1) is 8.70. The molecule has 6 heteroatoms. The third-order valence-corrected chi connectivity index (χ3v) is 2.96. The first kappa shape index (κ1) is 25.8. The molecule has 2 N–H and O–H groups in total. The van der Waals surface area contributed by atoms with Crippen molar-refractivity contribution >= 4 is 10.4 Å². The maximum atomic E-state index is 8.74. The van der Waals surface area contributed by atoms with E-state index in [9.17, 15) is 0 Å². The van der Waals surface area contributed by atoms with Crippen LogP contribution in [0.4, 0.5) is 0 Å². The molecule has 0 aliphatic carbocycles. The molecular weight excluding hydrogens is 287 g/mol. The summed E-state index contributed by atoms with van der Waals surface area (Å²) in [6.07, 6.45) is 12.1. The van der Waals surface area contributed by atoms with Crippen molar-refractivity contribution in [1.29, 1.82) is 0 Å². The van der Waals surface area contributed by atoms with Gasteiger partial charge in [-0.2, -0.15) is 21.3 Å². The summed E-state index contributed by atoms with van der Waals surface area (Å²) in [6.45, 7) is 9.22. The summed E-state index contributed by atoms with van der Waals surface area (Å²) >= 11 is 0. The molecule has 0 aliphatic heterocycles. The van der Waals surface area contributed by atoms with Crippen molar-refractivity contribution in [3.05, 3.63) is 6.42 Å². The Labute approximate surface area is 148 Å². The largest absolute Gasteiger partial charge is 1.00 e. The second kappa shape index (κ2) is 16.2. The van der Waals surface area contributed by atoms with E-state index >= 15 is 0 Å². The van der Waals surface area contributed by atoms with E-state index < -0.39 is 10.4 Å². The first-order valence-electron chi connectivity index (χ1n) is 7.22. The Balaban J connectivity index is -0.000000414. The Kier molecular flexibility index (Phi) is 21.0. The fourth-order valence-electron chi connectivity index (χ4n) is 1.85. The molecule has 0 amide bonds. The van der Waals surface area contributed by atoms with Gasteiger partial charge in [0, 0.05) is 0 Å². The maximum absolute atomic E-state index is 8.74. The molecule has 0 aromatic rings. The van der Waals surface area contributed by atoms with Crippen molar-refractivity contribution in [2.75, 3.05) is 0 Å². The van der Waals surface area contributed by atoms with Crippen LogP contribution in [0.15, 0.2) is 0 Å². The van der Waals surface area contributed by atoms with E-state index in [0.717, 1.165) is 11.8 Å². The van der Waals surface area contributed by atoms with Gasteiger partial charge in [-0.05, 0) is 5.92 Å². The molecule has 0 spiro atoms. The van der Waals surface area contributed by atoms with Crippen LogP contribution in [0.25, 0.3) is 0 Å². The van der Waals surface area contributed by atoms with E-state index in [0.29, 0.717) is 0 Å². The summed E-state index contributed by atoms with van der Waals surface area (Å²) < 4.78 is 31.6. The van der Waals surface area contributed by atoms with E-state index in [1.54, 1.807) is 0 Å². The van der Waals surface area contributed by atoms with Crippen molar-refractivity contribution in [1.82, 2.24) is 0 Å². The van der Waals surface area contributed by atoms with Crippen molar-refractivity contribution < 1.29 is 47.1 Å². The predicted octanol–water partition coefficient (Wildman–Crippen LogP) is 1.58. The van der Waals surface area contributed by atoms with Crippen LogP contribution >= 0.6 is 0 Å². The van der Waals surface area contributed by atoms with Crippen LogP contribution in [0.5, 0.6) is 0 Å². The Hall–Kier alpha value is 0.870. The minimum atomic E-state index is -4.67. The zero-order valence-corrected chi connectivity index (χ0v) is 16.6. The molecule has 0 aromatic carbocycles. The van der Waals surface area contributed by atoms with Gasteiger partial charge in [-0.3, -0.25) is 9.11 Å². The molecule has 20 heavy (non-hydrogen) atoms. The number of rotatable bonds is 9. The first-order valence-corrected chi connectivity index (χ1v) is 8.61. The average Bonchev–Trinajstić information content (AvgIpc) is 2.25. The molecule has 0 rings (SSSR count). The summed E-state index contributed by atoms with van der Waals surface area (Å²) in [5.74, 6) is 1.82. The second-order valence-corrected chi connectivity index (χ2v) is 6.26. The van der Waals surface area contributed by atoms with Gasteiger partial charge in [0.15, 0.2) is 0 Å². The van der Waals surface area contributed by atoms with Crippen LogP contribution in [-0.4, -0.2) is 17.5 Å². The summed E-state index contributed by atoms with van der Waals surface area (Å²) in [7, 11) is -4.67. The molecule has 1 unspecified atom stereocenters. The Morgan fingerprint density at radius 2 is 1.60 bits per heavy atom. The van der Waals surface area contributed by atoms with Gasteiger partial charge < -0.3 is 6.42 Å². The van der Waals surface area contributed by atoms with Crippen LogP contribution in [0.1, 0.15) is 72.6 Å². The quantitative estimate of drug-likeness (QED) is 0.293. The van der Waals surface area contributed by atoms with Gasteiger partial charge in [0.1, 0.15) is 0 Å². The molecule has 0 aromatic heterocycles. The van der Waals surface area contributed by atoms with E-state index in [1.165, 1.54) is 44.9 Å². The predicted molar refractivity (Wildman–Crippen MR) is 80.5 cm³/mol. The van der Waals surface area contributed by atoms with Gasteiger partial charge in [-0.15, -0.1) is 0 Å². The summed E-state index contributed by atoms with van der Waals surface area (Å²) in [5, 5.41) is 0. The molecule has 0 radical (unpaired) electrons.